The van der Waals surface area contributed by atoms with E-state index in [9.17, 15) is 9.59 Å². The number of aryl methyl sites for hydroxylation is 2. The van der Waals surface area contributed by atoms with Crippen molar-refractivity contribution in [2.24, 2.45) is 5.92 Å². The second kappa shape index (κ2) is 7.82. The molecule has 2 amide bonds. The highest BCUT2D eigenvalue weighted by Gasteiger charge is 2.35. The van der Waals surface area contributed by atoms with Gasteiger partial charge in [0.05, 0.1) is 12.5 Å². The Morgan fingerprint density at radius 2 is 1.93 bits per heavy atom. The van der Waals surface area contributed by atoms with Gasteiger partial charge in [-0.3, -0.25) is 9.59 Å². The van der Waals surface area contributed by atoms with Gasteiger partial charge in [0.1, 0.15) is 12.4 Å². The van der Waals surface area contributed by atoms with E-state index < -0.39 is 0 Å². The molecule has 2 aromatic carbocycles. The smallest absolute Gasteiger partial charge is 0.227 e. The Hall–Kier alpha value is -2.82. The van der Waals surface area contributed by atoms with Gasteiger partial charge in [-0.25, -0.2) is 0 Å². The van der Waals surface area contributed by atoms with E-state index in [1.54, 1.807) is 4.90 Å². The van der Waals surface area contributed by atoms with Crippen LogP contribution in [0, 0.1) is 5.92 Å². The van der Waals surface area contributed by atoms with E-state index in [-0.39, 0.29) is 24.2 Å². The second-order valence-electron chi connectivity index (χ2n) is 7.16. The van der Waals surface area contributed by atoms with Crippen LogP contribution in [0.2, 0.25) is 0 Å². The number of amides is 2. The van der Waals surface area contributed by atoms with E-state index in [4.69, 9.17) is 4.74 Å². The molecule has 1 atom stereocenters. The van der Waals surface area contributed by atoms with Gasteiger partial charge in [-0.05, 0) is 54.7 Å². The van der Waals surface area contributed by atoms with E-state index in [0.29, 0.717) is 19.7 Å². The van der Waals surface area contributed by atoms with Gasteiger partial charge in [0.15, 0.2) is 0 Å². The summed E-state index contributed by atoms with van der Waals surface area (Å²) in [6.45, 7) is 1.28. The van der Waals surface area contributed by atoms with Crippen molar-refractivity contribution < 1.29 is 14.3 Å². The number of ether oxygens (including phenoxy) is 1. The Kier molecular flexibility index (Phi) is 5.10. The molecule has 1 heterocycles. The molecule has 0 radical (unpaired) electrons. The third-order valence-corrected chi connectivity index (χ3v) is 5.30. The minimum Gasteiger partial charge on any atom is -0.492 e. The zero-order valence-electron chi connectivity index (χ0n) is 15.3. The fourth-order valence-corrected chi connectivity index (χ4v) is 3.86. The lowest BCUT2D eigenvalue weighted by atomic mass is 10.1. The molecule has 0 unspecified atom stereocenters. The highest BCUT2D eigenvalue weighted by molar-refractivity contribution is 6.00. The van der Waals surface area contributed by atoms with Crippen molar-refractivity contribution in [1.29, 1.82) is 0 Å². The lowest BCUT2D eigenvalue weighted by Gasteiger charge is -2.18. The topological polar surface area (TPSA) is 58.6 Å². The van der Waals surface area contributed by atoms with Gasteiger partial charge in [0.2, 0.25) is 11.8 Å². The van der Waals surface area contributed by atoms with Crippen LogP contribution >= 0.6 is 0 Å². The third-order valence-electron chi connectivity index (χ3n) is 5.30. The van der Waals surface area contributed by atoms with E-state index >= 15 is 0 Å². The number of benzene rings is 2. The first-order valence-electron chi connectivity index (χ1n) is 9.58. The molecule has 140 valence electrons. The zero-order chi connectivity index (χ0) is 18.6. The van der Waals surface area contributed by atoms with Crippen LogP contribution in [-0.2, 0) is 22.4 Å². The average Bonchev–Trinajstić information content (AvgIpc) is 3.31. The lowest BCUT2D eigenvalue weighted by Crippen LogP contribution is -2.35. The van der Waals surface area contributed by atoms with Gasteiger partial charge in [0, 0.05) is 18.7 Å². The van der Waals surface area contributed by atoms with Crippen LogP contribution in [0.1, 0.15) is 24.0 Å². The maximum Gasteiger partial charge on any atom is 0.227 e. The summed E-state index contributed by atoms with van der Waals surface area (Å²) in [4.78, 5) is 26.6. The third kappa shape index (κ3) is 3.97. The molecule has 1 fully saturated rings. The van der Waals surface area contributed by atoms with Crippen LogP contribution in [0.3, 0.4) is 0 Å². The van der Waals surface area contributed by atoms with Crippen molar-refractivity contribution in [3.63, 3.8) is 0 Å². The number of carbonyl (C=O) groups is 2. The van der Waals surface area contributed by atoms with Crippen LogP contribution in [0.5, 0.6) is 5.75 Å². The molecule has 2 aliphatic rings. The number of hydrogen-bond acceptors (Lipinski definition) is 3. The Morgan fingerprint density at radius 3 is 2.78 bits per heavy atom. The molecule has 1 saturated heterocycles. The minimum atomic E-state index is -0.303. The molecular formula is C22H24N2O3. The molecule has 0 bridgehead atoms. The van der Waals surface area contributed by atoms with Gasteiger partial charge in [0.25, 0.3) is 0 Å². The normalized spacial score (nSPS) is 18.4. The Balaban J connectivity index is 1.29. The van der Waals surface area contributed by atoms with E-state index in [0.717, 1.165) is 24.3 Å². The lowest BCUT2D eigenvalue weighted by molar-refractivity contribution is -0.126. The number of carbonyl (C=O) groups excluding carboxylic acids is 2. The fraction of sp³-hybridized carbons (Fsp3) is 0.364. The molecule has 5 nitrogen and oxygen atoms in total. The molecule has 0 aromatic heterocycles. The summed E-state index contributed by atoms with van der Waals surface area (Å²) >= 11 is 0. The van der Waals surface area contributed by atoms with Crippen molar-refractivity contribution >= 4 is 17.5 Å². The van der Waals surface area contributed by atoms with Gasteiger partial charge in [-0.1, -0.05) is 24.3 Å². The molecule has 1 N–H and O–H groups in total. The number of nitrogens with zero attached hydrogens (tertiary/aromatic N) is 1. The van der Waals surface area contributed by atoms with Crippen LogP contribution in [0.25, 0.3) is 0 Å². The predicted molar refractivity (Wildman–Crippen MR) is 104 cm³/mol. The number of fused-ring (bicyclic) bond motifs is 1. The van der Waals surface area contributed by atoms with Crippen molar-refractivity contribution in [2.45, 2.75) is 25.7 Å². The first-order chi connectivity index (χ1) is 13.2. The minimum absolute atomic E-state index is 0.0219. The molecule has 0 saturated carbocycles. The number of nitrogens with one attached hydrogen (secondary N) is 1. The number of para-hydroxylation sites is 1. The van der Waals surface area contributed by atoms with Crippen LogP contribution in [0.4, 0.5) is 5.69 Å². The molecule has 5 heteroatoms. The summed E-state index contributed by atoms with van der Waals surface area (Å²) in [7, 11) is 0. The van der Waals surface area contributed by atoms with Gasteiger partial charge >= 0.3 is 0 Å². The Bertz CT molecular complexity index is 835. The van der Waals surface area contributed by atoms with Gasteiger partial charge in [-0.2, -0.15) is 0 Å². The predicted octanol–water partition coefficient (Wildman–Crippen LogP) is 2.72. The molecule has 4 rings (SSSR count). The quantitative estimate of drug-likeness (QED) is 0.802. The Morgan fingerprint density at radius 1 is 1.11 bits per heavy atom. The summed E-state index contributed by atoms with van der Waals surface area (Å²) in [6.07, 6.45) is 3.65. The maximum absolute atomic E-state index is 12.4. The molecule has 1 aliphatic heterocycles. The highest BCUT2D eigenvalue weighted by atomic mass is 16.5. The number of anilines is 1. The summed E-state index contributed by atoms with van der Waals surface area (Å²) < 4.78 is 5.58. The molecule has 27 heavy (non-hydrogen) atoms. The fourth-order valence-electron chi connectivity index (χ4n) is 3.86. The molecule has 2 aromatic rings. The number of hydrogen-bond donors (Lipinski definition) is 1. The van der Waals surface area contributed by atoms with Crippen molar-refractivity contribution in [3.8, 4) is 5.75 Å². The van der Waals surface area contributed by atoms with Crippen LogP contribution < -0.4 is 15.0 Å². The van der Waals surface area contributed by atoms with E-state index in [2.05, 4.69) is 17.4 Å². The zero-order valence-corrected chi connectivity index (χ0v) is 15.3. The first kappa shape index (κ1) is 17.6. The van der Waals surface area contributed by atoms with Gasteiger partial charge in [-0.15, -0.1) is 0 Å². The summed E-state index contributed by atoms with van der Waals surface area (Å²) in [5.74, 6) is 0.422. The molecular weight excluding hydrogens is 340 g/mol. The maximum atomic E-state index is 12.4. The summed E-state index contributed by atoms with van der Waals surface area (Å²) in [5, 5.41) is 2.89. The highest BCUT2D eigenvalue weighted by Crippen LogP contribution is 2.30. The molecule has 1 aliphatic carbocycles. The van der Waals surface area contributed by atoms with Crippen molar-refractivity contribution in [1.82, 2.24) is 5.32 Å². The molecule has 0 spiro atoms. The van der Waals surface area contributed by atoms with E-state index in [1.165, 1.54) is 17.5 Å². The summed E-state index contributed by atoms with van der Waals surface area (Å²) in [5.41, 5.74) is 3.65. The standard InChI is InChI=1S/C22H24N2O3/c25-21-14-18(22(26)23-11-12-27-20-7-2-1-3-8-20)15-24(21)19-10-9-16-5-4-6-17(16)13-19/h1-3,7-10,13,18H,4-6,11-12,14-15H2,(H,23,26)/t18-/m1/s1. The van der Waals surface area contributed by atoms with Crippen molar-refractivity contribution in [2.75, 3.05) is 24.6 Å². The van der Waals surface area contributed by atoms with Crippen molar-refractivity contribution in [3.05, 3.63) is 59.7 Å². The monoisotopic (exact) mass is 364 g/mol. The second-order valence-corrected chi connectivity index (χ2v) is 7.16. The van der Waals surface area contributed by atoms with Gasteiger partial charge < -0.3 is 15.0 Å². The van der Waals surface area contributed by atoms with E-state index in [1.807, 2.05) is 36.4 Å². The summed E-state index contributed by atoms with van der Waals surface area (Å²) in [6, 6.07) is 15.8. The Labute approximate surface area is 159 Å². The number of rotatable bonds is 6. The average molecular weight is 364 g/mol. The van der Waals surface area contributed by atoms with Crippen LogP contribution in [0.15, 0.2) is 48.5 Å². The first-order valence-corrected chi connectivity index (χ1v) is 9.58. The largest absolute Gasteiger partial charge is 0.492 e. The van der Waals surface area contributed by atoms with Crippen LogP contribution in [-0.4, -0.2) is 31.5 Å². The SMILES string of the molecule is O=C(NCCOc1ccccc1)[C@@H]1CC(=O)N(c2ccc3c(c2)CCC3)C1.